The van der Waals surface area contributed by atoms with E-state index >= 15 is 0 Å². The minimum Gasteiger partial charge on any atom is -0.457 e. The molecular weight excluding hydrogens is 326 g/mol. The van der Waals surface area contributed by atoms with Gasteiger partial charge < -0.3 is 19.7 Å². The van der Waals surface area contributed by atoms with Gasteiger partial charge in [-0.25, -0.2) is 0 Å². The van der Waals surface area contributed by atoms with Crippen molar-refractivity contribution in [1.29, 1.82) is 0 Å². The Balaban J connectivity index is 1.55. The van der Waals surface area contributed by atoms with Crippen molar-refractivity contribution in [1.82, 2.24) is 10.2 Å². The molecule has 1 N–H and O–H groups in total. The van der Waals surface area contributed by atoms with Crippen molar-refractivity contribution in [2.24, 2.45) is 10.9 Å². The van der Waals surface area contributed by atoms with E-state index in [1.54, 1.807) is 0 Å². The van der Waals surface area contributed by atoms with Crippen LogP contribution in [0.3, 0.4) is 0 Å². The quantitative estimate of drug-likeness (QED) is 0.637. The molecule has 0 spiro atoms. The van der Waals surface area contributed by atoms with E-state index < -0.39 is 0 Å². The first-order valence-electron chi connectivity index (χ1n) is 9.06. The SMILES string of the molecule is CN=C(NCc1cccc(Oc2ccccc2)c1)N(C)CC1CCOC1. The smallest absolute Gasteiger partial charge is 0.193 e. The fourth-order valence-corrected chi connectivity index (χ4v) is 3.11. The van der Waals surface area contributed by atoms with E-state index in [-0.39, 0.29) is 0 Å². The normalized spacial score (nSPS) is 17.2. The van der Waals surface area contributed by atoms with Crippen molar-refractivity contribution in [3.05, 3.63) is 60.2 Å². The van der Waals surface area contributed by atoms with Gasteiger partial charge in [-0.1, -0.05) is 30.3 Å². The molecule has 26 heavy (non-hydrogen) atoms. The summed E-state index contributed by atoms with van der Waals surface area (Å²) in [7, 11) is 3.89. The monoisotopic (exact) mass is 353 g/mol. The van der Waals surface area contributed by atoms with Gasteiger partial charge in [0.25, 0.3) is 0 Å². The van der Waals surface area contributed by atoms with E-state index in [4.69, 9.17) is 9.47 Å². The van der Waals surface area contributed by atoms with Gasteiger partial charge in [0, 0.05) is 39.7 Å². The fourth-order valence-electron chi connectivity index (χ4n) is 3.11. The lowest BCUT2D eigenvalue weighted by atomic mass is 10.1. The summed E-state index contributed by atoms with van der Waals surface area (Å²) < 4.78 is 11.4. The summed E-state index contributed by atoms with van der Waals surface area (Å²) in [6.45, 7) is 3.37. The molecule has 0 aliphatic carbocycles. The number of aliphatic imine (C=N–C) groups is 1. The van der Waals surface area contributed by atoms with Crippen LogP contribution in [0.4, 0.5) is 0 Å². The summed E-state index contributed by atoms with van der Waals surface area (Å²) in [5, 5.41) is 3.43. The highest BCUT2D eigenvalue weighted by molar-refractivity contribution is 5.79. The highest BCUT2D eigenvalue weighted by Crippen LogP contribution is 2.21. The van der Waals surface area contributed by atoms with Gasteiger partial charge in [0.2, 0.25) is 0 Å². The van der Waals surface area contributed by atoms with Crippen molar-refractivity contribution in [2.45, 2.75) is 13.0 Å². The summed E-state index contributed by atoms with van der Waals surface area (Å²) in [5.74, 6) is 3.15. The van der Waals surface area contributed by atoms with Crippen LogP contribution in [0.15, 0.2) is 59.6 Å². The zero-order valence-electron chi connectivity index (χ0n) is 15.5. The average Bonchev–Trinajstić information content (AvgIpc) is 3.16. The maximum absolute atomic E-state index is 5.91. The van der Waals surface area contributed by atoms with Gasteiger partial charge in [0.15, 0.2) is 5.96 Å². The molecule has 1 atom stereocenters. The van der Waals surface area contributed by atoms with E-state index in [0.29, 0.717) is 12.5 Å². The highest BCUT2D eigenvalue weighted by atomic mass is 16.5. The van der Waals surface area contributed by atoms with Gasteiger partial charge in [-0.3, -0.25) is 4.99 Å². The molecule has 1 unspecified atom stereocenters. The van der Waals surface area contributed by atoms with Gasteiger partial charge >= 0.3 is 0 Å². The maximum Gasteiger partial charge on any atom is 0.193 e. The molecule has 0 aromatic heterocycles. The molecule has 1 aliphatic heterocycles. The number of ether oxygens (including phenoxy) is 2. The number of hydrogen-bond donors (Lipinski definition) is 1. The molecule has 138 valence electrons. The Morgan fingerprint density at radius 2 is 2.00 bits per heavy atom. The van der Waals surface area contributed by atoms with E-state index in [0.717, 1.165) is 49.2 Å². The number of para-hydroxylation sites is 1. The molecule has 3 rings (SSSR count). The first-order valence-corrected chi connectivity index (χ1v) is 9.06. The molecule has 0 saturated carbocycles. The number of benzene rings is 2. The summed E-state index contributed by atoms with van der Waals surface area (Å²) in [6, 6.07) is 17.9. The molecule has 5 heteroatoms. The number of nitrogens with one attached hydrogen (secondary N) is 1. The highest BCUT2D eigenvalue weighted by Gasteiger charge is 2.19. The second kappa shape index (κ2) is 9.25. The van der Waals surface area contributed by atoms with E-state index in [1.165, 1.54) is 0 Å². The van der Waals surface area contributed by atoms with Crippen molar-refractivity contribution in [2.75, 3.05) is 33.9 Å². The van der Waals surface area contributed by atoms with Crippen LogP contribution >= 0.6 is 0 Å². The Hall–Kier alpha value is -2.53. The van der Waals surface area contributed by atoms with Crippen LogP contribution in [0.25, 0.3) is 0 Å². The Labute approximate surface area is 155 Å². The third-order valence-electron chi connectivity index (χ3n) is 4.46. The molecule has 0 amide bonds. The van der Waals surface area contributed by atoms with Gasteiger partial charge in [-0.15, -0.1) is 0 Å². The predicted octanol–water partition coefficient (Wildman–Crippen LogP) is 3.52. The van der Waals surface area contributed by atoms with Crippen LogP contribution < -0.4 is 10.1 Å². The molecule has 1 fully saturated rings. The Morgan fingerprint density at radius 3 is 2.73 bits per heavy atom. The van der Waals surface area contributed by atoms with Crippen LogP contribution in [0.1, 0.15) is 12.0 Å². The van der Waals surface area contributed by atoms with E-state index in [9.17, 15) is 0 Å². The van der Waals surface area contributed by atoms with Crippen LogP contribution in [-0.2, 0) is 11.3 Å². The second-order valence-electron chi connectivity index (χ2n) is 6.57. The van der Waals surface area contributed by atoms with Crippen LogP contribution in [0.2, 0.25) is 0 Å². The van der Waals surface area contributed by atoms with Crippen molar-refractivity contribution >= 4 is 5.96 Å². The Bertz CT molecular complexity index is 712. The molecule has 2 aromatic carbocycles. The molecule has 5 nitrogen and oxygen atoms in total. The largest absolute Gasteiger partial charge is 0.457 e. The van der Waals surface area contributed by atoms with Gasteiger partial charge in [0.05, 0.1) is 6.61 Å². The van der Waals surface area contributed by atoms with E-state index in [2.05, 4.69) is 34.4 Å². The zero-order chi connectivity index (χ0) is 18.2. The molecule has 1 saturated heterocycles. The lowest BCUT2D eigenvalue weighted by Crippen LogP contribution is -2.41. The molecule has 1 heterocycles. The van der Waals surface area contributed by atoms with Crippen molar-refractivity contribution < 1.29 is 9.47 Å². The lowest BCUT2D eigenvalue weighted by Gasteiger charge is -2.24. The first-order chi connectivity index (χ1) is 12.7. The Kier molecular flexibility index (Phi) is 6.50. The predicted molar refractivity (Wildman–Crippen MR) is 105 cm³/mol. The lowest BCUT2D eigenvalue weighted by molar-refractivity contribution is 0.181. The number of nitrogens with zero attached hydrogens (tertiary/aromatic N) is 2. The van der Waals surface area contributed by atoms with Crippen LogP contribution in [0.5, 0.6) is 11.5 Å². The van der Waals surface area contributed by atoms with Gasteiger partial charge in [-0.05, 0) is 36.2 Å². The summed E-state index contributed by atoms with van der Waals surface area (Å²) in [6.07, 6.45) is 1.13. The second-order valence-corrected chi connectivity index (χ2v) is 6.57. The third kappa shape index (κ3) is 5.23. The number of hydrogen-bond acceptors (Lipinski definition) is 3. The average molecular weight is 353 g/mol. The van der Waals surface area contributed by atoms with Crippen LogP contribution in [-0.4, -0.2) is 44.7 Å². The summed E-state index contributed by atoms with van der Waals surface area (Å²) in [4.78, 5) is 6.56. The molecular formula is C21H27N3O2. The summed E-state index contributed by atoms with van der Waals surface area (Å²) >= 11 is 0. The fraction of sp³-hybridized carbons (Fsp3) is 0.381. The van der Waals surface area contributed by atoms with Gasteiger partial charge in [0.1, 0.15) is 11.5 Å². The topological polar surface area (TPSA) is 46.1 Å². The van der Waals surface area contributed by atoms with E-state index in [1.807, 2.05) is 49.5 Å². The molecule has 2 aromatic rings. The van der Waals surface area contributed by atoms with Gasteiger partial charge in [-0.2, -0.15) is 0 Å². The third-order valence-corrected chi connectivity index (χ3v) is 4.46. The minimum absolute atomic E-state index is 0.584. The zero-order valence-corrected chi connectivity index (χ0v) is 15.5. The standard InChI is InChI=1S/C21H27N3O2/c1-22-21(24(2)15-18-11-12-25-16-18)23-14-17-7-6-10-20(13-17)26-19-8-4-3-5-9-19/h3-10,13,18H,11-12,14-16H2,1-2H3,(H,22,23). The molecule has 1 aliphatic rings. The number of guanidine groups is 1. The van der Waals surface area contributed by atoms with Crippen molar-refractivity contribution in [3.8, 4) is 11.5 Å². The Morgan fingerprint density at radius 1 is 1.19 bits per heavy atom. The maximum atomic E-state index is 5.91. The van der Waals surface area contributed by atoms with Crippen LogP contribution in [0, 0.1) is 5.92 Å². The number of rotatable bonds is 6. The summed E-state index contributed by atoms with van der Waals surface area (Å²) in [5.41, 5.74) is 1.15. The molecule has 0 radical (unpaired) electrons. The minimum atomic E-state index is 0.584. The first kappa shape index (κ1) is 18.3. The van der Waals surface area contributed by atoms with Crippen molar-refractivity contribution in [3.63, 3.8) is 0 Å². The molecule has 0 bridgehead atoms.